The summed E-state index contributed by atoms with van der Waals surface area (Å²) in [7, 11) is 0. The number of carbonyl (C=O) groups is 1. The molecule has 16 heavy (non-hydrogen) atoms. The number of hydrogen-bond acceptors (Lipinski definition) is 2. The van der Waals surface area contributed by atoms with Crippen molar-refractivity contribution in [2.75, 3.05) is 0 Å². The van der Waals surface area contributed by atoms with Gasteiger partial charge in [-0.25, -0.2) is 9.78 Å². The Labute approximate surface area is 98.8 Å². The van der Waals surface area contributed by atoms with Crippen LogP contribution in [0.1, 0.15) is 21.6 Å². The van der Waals surface area contributed by atoms with Crippen molar-refractivity contribution >= 4 is 18.4 Å². The first-order valence-corrected chi connectivity index (χ1v) is 4.55. The maximum Gasteiger partial charge on any atom is 0.335 e. The Kier molecular flexibility index (Phi) is 4.08. The summed E-state index contributed by atoms with van der Waals surface area (Å²) in [5, 5.41) is 8.82. The molecule has 0 saturated heterocycles. The molecule has 0 saturated carbocycles. The minimum atomic E-state index is -0.901. The first kappa shape index (κ1) is 12.3. The highest BCUT2D eigenvalue weighted by molar-refractivity contribution is 5.87. The van der Waals surface area contributed by atoms with Crippen molar-refractivity contribution in [3.05, 3.63) is 53.6 Å². The molecule has 2 N–H and O–H groups in total. The van der Waals surface area contributed by atoms with Gasteiger partial charge >= 0.3 is 5.97 Å². The van der Waals surface area contributed by atoms with Gasteiger partial charge in [-0.05, 0) is 17.7 Å². The summed E-state index contributed by atoms with van der Waals surface area (Å²) in [5.74, 6) is -0.901. The zero-order valence-corrected chi connectivity index (χ0v) is 9.20. The summed E-state index contributed by atoms with van der Waals surface area (Å²) in [6.45, 7) is 0. The van der Waals surface area contributed by atoms with E-state index >= 15 is 0 Å². The van der Waals surface area contributed by atoms with Crippen LogP contribution in [-0.4, -0.2) is 21.0 Å². The van der Waals surface area contributed by atoms with E-state index in [0.29, 0.717) is 12.0 Å². The number of carboxylic acid groups (broad SMARTS) is 1. The normalized spacial score (nSPS) is 9.50. The molecular weight excluding hydrogens is 228 g/mol. The average molecular weight is 239 g/mol. The SMILES string of the molecule is Cl.O=C(O)c1cccc(Cc2cnc[nH]2)c1. The molecule has 2 aromatic rings. The second-order valence-corrected chi connectivity index (χ2v) is 3.26. The van der Waals surface area contributed by atoms with E-state index in [1.54, 1.807) is 30.7 Å². The van der Waals surface area contributed by atoms with Crippen molar-refractivity contribution in [2.24, 2.45) is 0 Å². The van der Waals surface area contributed by atoms with Crippen molar-refractivity contribution in [2.45, 2.75) is 6.42 Å². The zero-order chi connectivity index (χ0) is 10.7. The molecule has 0 spiro atoms. The predicted octanol–water partition coefficient (Wildman–Crippen LogP) is 2.12. The lowest BCUT2D eigenvalue weighted by molar-refractivity contribution is 0.0697. The van der Waals surface area contributed by atoms with Crippen LogP contribution in [0.2, 0.25) is 0 Å². The topological polar surface area (TPSA) is 66.0 Å². The van der Waals surface area contributed by atoms with Crippen LogP contribution in [0, 0.1) is 0 Å². The van der Waals surface area contributed by atoms with Crippen molar-refractivity contribution in [3.8, 4) is 0 Å². The standard InChI is InChI=1S/C11H10N2O2.ClH/c14-11(15)9-3-1-2-8(4-9)5-10-6-12-7-13-10;/h1-4,6-7H,5H2,(H,12,13)(H,14,15);1H. The Hall–Kier alpha value is -1.81. The molecule has 1 heterocycles. The van der Waals surface area contributed by atoms with Gasteiger partial charge in [0.1, 0.15) is 0 Å². The van der Waals surface area contributed by atoms with E-state index in [4.69, 9.17) is 5.11 Å². The molecule has 5 heteroatoms. The third-order valence-corrected chi connectivity index (χ3v) is 2.12. The molecule has 1 aromatic heterocycles. The Bertz CT molecular complexity index is 469. The largest absolute Gasteiger partial charge is 0.478 e. The zero-order valence-electron chi connectivity index (χ0n) is 8.38. The van der Waals surface area contributed by atoms with Gasteiger partial charge in [0.15, 0.2) is 0 Å². The van der Waals surface area contributed by atoms with Gasteiger partial charge < -0.3 is 10.1 Å². The number of aromatic nitrogens is 2. The number of aromatic amines is 1. The van der Waals surface area contributed by atoms with Gasteiger partial charge in [0.25, 0.3) is 0 Å². The molecule has 2 rings (SSSR count). The van der Waals surface area contributed by atoms with Crippen molar-refractivity contribution in [1.29, 1.82) is 0 Å². The molecule has 0 radical (unpaired) electrons. The van der Waals surface area contributed by atoms with E-state index in [9.17, 15) is 4.79 Å². The predicted molar refractivity (Wildman–Crippen MR) is 62.0 cm³/mol. The summed E-state index contributed by atoms with van der Waals surface area (Å²) >= 11 is 0. The Balaban J connectivity index is 0.00000128. The molecule has 4 nitrogen and oxygen atoms in total. The molecule has 0 atom stereocenters. The van der Waals surface area contributed by atoms with Crippen LogP contribution in [0.15, 0.2) is 36.8 Å². The number of hydrogen-bond donors (Lipinski definition) is 2. The van der Waals surface area contributed by atoms with E-state index in [1.165, 1.54) is 0 Å². The van der Waals surface area contributed by atoms with Crippen molar-refractivity contribution < 1.29 is 9.90 Å². The number of nitrogens with zero attached hydrogens (tertiary/aromatic N) is 1. The molecule has 1 aromatic carbocycles. The second kappa shape index (κ2) is 5.32. The number of rotatable bonds is 3. The highest BCUT2D eigenvalue weighted by Crippen LogP contribution is 2.09. The maximum atomic E-state index is 10.7. The maximum absolute atomic E-state index is 10.7. The van der Waals surface area contributed by atoms with Crippen molar-refractivity contribution in [3.63, 3.8) is 0 Å². The lowest BCUT2D eigenvalue weighted by atomic mass is 10.1. The van der Waals surface area contributed by atoms with Gasteiger partial charge in [0.05, 0.1) is 11.9 Å². The fourth-order valence-electron chi connectivity index (χ4n) is 1.42. The van der Waals surface area contributed by atoms with E-state index in [0.717, 1.165) is 11.3 Å². The molecule has 0 unspecified atom stereocenters. The highest BCUT2D eigenvalue weighted by Gasteiger charge is 2.03. The van der Waals surface area contributed by atoms with Crippen LogP contribution in [0.3, 0.4) is 0 Å². The Morgan fingerprint density at radius 3 is 2.88 bits per heavy atom. The molecule has 0 fully saturated rings. The summed E-state index contributed by atoms with van der Waals surface area (Å²) in [4.78, 5) is 17.6. The van der Waals surface area contributed by atoms with Gasteiger partial charge in [-0.3, -0.25) is 0 Å². The Morgan fingerprint density at radius 2 is 2.25 bits per heavy atom. The molecule has 0 aliphatic rings. The third-order valence-electron chi connectivity index (χ3n) is 2.12. The van der Waals surface area contributed by atoms with Crippen LogP contribution in [0.25, 0.3) is 0 Å². The summed E-state index contributed by atoms with van der Waals surface area (Å²) in [6.07, 6.45) is 4.00. The first-order valence-electron chi connectivity index (χ1n) is 4.55. The van der Waals surface area contributed by atoms with E-state index in [1.807, 2.05) is 6.07 Å². The van der Waals surface area contributed by atoms with Crippen LogP contribution in [0.5, 0.6) is 0 Å². The number of aromatic carboxylic acids is 1. The minimum Gasteiger partial charge on any atom is -0.478 e. The fraction of sp³-hybridized carbons (Fsp3) is 0.0909. The van der Waals surface area contributed by atoms with Crippen LogP contribution in [0.4, 0.5) is 0 Å². The average Bonchev–Trinajstić information content (AvgIpc) is 2.71. The van der Waals surface area contributed by atoms with Gasteiger partial charge in [-0.15, -0.1) is 12.4 Å². The number of halogens is 1. The summed E-state index contributed by atoms with van der Waals surface area (Å²) < 4.78 is 0. The molecule has 84 valence electrons. The van der Waals surface area contributed by atoms with Crippen LogP contribution < -0.4 is 0 Å². The number of imidazole rings is 1. The molecule has 0 aliphatic carbocycles. The lowest BCUT2D eigenvalue weighted by Gasteiger charge is -2.00. The third kappa shape index (κ3) is 2.84. The molecular formula is C11H11ClN2O2. The highest BCUT2D eigenvalue weighted by atomic mass is 35.5. The number of H-pyrrole nitrogens is 1. The number of carboxylic acids is 1. The second-order valence-electron chi connectivity index (χ2n) is 3.26. The Morgan fingerprint density at radius 1 is 1.44 bits per heavy atom. The smallest absolute Gasteiger partial charge is 0.335 e. The van der Waals surface area contributed by atoms with Gasteiger partial charge in [0.2, 0.25) is 0 Å². The van der Waals surface area contributed by atoms with Gasteiger partial charge in [-0.2, -0.15) is 0 Å². The molecule has 0 aliphatic heterocycles. The van der Waals surface area contributed by atoms with Crippen molar-refractivity contribution in [1.82, 2.24) is 9.97 Å². The minimum absolute atomic E-state index is 0. The quantitative estimate of drug-likeness (QED) is 0.861. The number of nitrogens with one attached hydrogen (secondary N) is 1. The lowest BCUT2D eigenvalue weighted by Crippen LogP contribution is -1.97. The van der Waals surface area contributed by atoms with E-state index in [-0.39, 0.29) is 12.4 Å². The summed E-state index contributed by atoms with van der Waals surface area (Å²) in [5.41, 5.74) is 2.24. The first-order chi connectivity index (χ1) is 7.25. The molecule has 0 amide bonds. The fourth-order valence-corrected chi connectivity index (χ4v) is 1.42. The van der Waals surface area contributed by atoms with Crippen LogP contribution >= 0.6 is 12.4 Å². The van der Waals surface area contributed by atoms with Gasteiger partial charge in [-0.1, -0.05) is 12.1 Å². The summed E-state index contributed by atoms with van der Waals surface area (Å²) in [6, 6.07) is 6.89. The van der Waals surface area contributed by atoms with Crippen LogP contribution in [-0.2, 0) is 6.42 Å². The number of benzene rings is 1. The molecule has 0 bridgehead atoms. The van der Waals surface area contributed by atoms with E-state index in [2.05, 4.69) is 9.97 Å². The van der Waals surface area contributed by atoms with E-state index < -0.39 is 5.97 Å². The van der Waals surface area contributed by atoms with Gasteiger partial charge in [0, 0.05) is 18.3 Å². The monoisotopic (exact) mass is 238 g/mol.